The normalized spacial score (nSPS) is 19.1. The fourth-order valence-electron chi connectivity index (χ4n) is 3.81. The molecule has 4 nitrogen and oxygen atoms in total. The van der Waals surface area contributed by atoms with E-state index in [0.29, 0.717) is 12.2 Å². The van der Waals surface area contributed by atoms with Crippen molar-refractivity contribution in [3.05, 3.63) is 44.9 Å². The van der Waals surface area contributed by atoms with E-state index in [2.05, 4.69) is 34.1 Å². The van der Waals surface area contributed by atoms with Crippen molar-refractivity contribution in [1.29, 1.82) is 0 Å². The first-order valence-corrected chi connectivity index (χ1v) is 9.74. The summed E-state index contributed by atoms with van der Waals surface area (Å²) in [5.41, 5.74) is -0.0664. The molecular formula is C19H20F3N3OS. The van der Waals surface area contributed by atoms with Crippen molar-refractivity contribution in [3.8, 4) is 0 Å². The van der Waals surface area contributed by atoms with Crippen LogP contribution in [0.2, 0.25) is 0 Å². The molecule has 0 aliphatic carbocycles. The number of likely N-dealkylation sites (tertiary alicyclic amines) is 1. The van der Waals surface area contributed by atoms with Crippen LogP contribution in [0, 0.1) is 13.8 Å². The standard InChI is InChI=1S/C19H20F3N3OS/c1-11-8-15(19(20,21)22)16-17(24-26-18(16)23-11)13-4-3-7-25(9-13)10-14-6-5-12(2)27-14/h5-6,8,13H,3-4,7,9-10H2,1-2H3. The smallest absolute Gasteiger partial charge is 0.336 e. The number of pyridine rings is 1. The lowest BCUT2D eigenvalue weighted by molar-refractivity contribution is -0.136. The summed E-state index contributed by atoms with van der Waals surface area (Å²) in [5.74, 6) is -0.0911. The summed E-state index contributed by atoms with van der Waals surface area (Å²) in [5, 5.41) is 4.04. The van der Waals surface area contributed by atoms with Crippen molar-refractivity contribution in [1.82, 2.24) is 15.0 Å². The monoisotopic (exact) mass is 395 g/mol. The highest BCUT2D eigenvalue weighted by Gasteiger charge is 2.37. The van der Waals surface area contributed by atoms with Gasteiger partial charge in [0.1, 0.15) is 0 Å². The molecule has 0 spiro atoms. The summed E-state index contributed by atoms with van der Waals surface area (Å²) < 4.78 is 45.9. The molecule has 8 heteroatoms. The summed E-state index contributed by atoms with van der Waals surface area (Å²) >= 11 is 1.76. The SMILES string of the molecule is Cc1cc(C(F)(F)F)c2c(C3CCCN(Cc4ccc(C)s4)C3)noc2n1. The van der Waals surface area contributed by atoms with Gasteiger partial charge < -0.3 is 4.52 Å². The van der Waals surface area contributed by atoms with E-state index in [0.717, 1.165) is 32.0 Å². The predicted octanol–water partition coefficient (Wildman–Crippen LogP) is 5.30. The maximum absolute atomic E-state index is 13.6. The Morgan fingerprint density at radius 2 is 2.11 bits per heavy atom. The minimum absolute atomic E-state index is 0.0203. The van der Waals surface area contributed by atoms with E-state index in [-0.39, 0.29) is 22.7 Å². The van der Waals surface area contributed by atoms with Gasteiger partial charge >= 0.3 is 6.18 Å². The number of alkyl halides is 3. The zero-order valence-corrected chi connectivity index (χ0v) is 16.0. The van der Waals surface area contributed by atoms with Crippen LogP contribution >= 0.6 is 11.3 Å². The maximum atomic E-state index is 13.6. The Labute approximate surface area is 159 Å². The quantitative estimate of drug-likeness (QED) is 0.604. The number of rotatable bonds is 3. The third-order valence-corrected chi connectivity index (χ3v) is 5.96. The second-order valence-corrected chi connectivity index (χ2v) is 8.52. The zero-order valence-electron chi connectivity index (χ0n) is 15.1. The van der Waals surface area contributed by atoms with Gasteiger partial charge in [-0.2, -0.15) is 13.2 Å². The van der Waals surface area contributed by atoms with E-state index >= 15 is 0 Å². The molecule has 1 aliphatic rings. The third-order valence-electron chi connectivity index (χ3n) is 4.97. The van der Waals surface area contributed by atoms with Gasteiger partial charge in [0.05, 0.1) is 16.6 Å². The molecule has 0 amide bonds. The number of hydrogen-bond donors (Lipinski definition) is 0. The second-order valence-electron chi connectivity index (χ2n) is 7.14. The van der Waals surface area contributed by atoms with E-state index in [4.69, 9.17) is 4.52 Å². The van der Waals surface area contributed by atoms with Crippen molar-refractivity contribution >= 4 is 22.4 Å². The summed E-state index contributed by atoms with van der Waals surface area (Å²) in [7, 11) is 0. The molecule has 1 atom stereocenters. The van der Waals surface area contributed by atoms with Crippen LogP contribution in [-0.4, -0.2) is 28.1 Å². The number of hydrogen-bond acceptors (Lipinski definition) is 5. The Kier molecular flexibility index (Phi) is 4.71. The summed E-state index contributed by atoms with van der Waals surface area (Å²) in [6.07, 6.45) is -2.74. The van der Waals surface area contributed by atoms with Crippen LogP contribution in [0.4, 0.5) is 13.2 Å². The van der Waals surface area contributed by atoms with Crippen LogP contribution in [0.15, 0.2) is 22.7 Å². The number of thiophene rings is 1. The van der Waals surface area contributed by atoms with Gasteiger partial charge in [-0.25, -0.2) is 4.98 Å². The van der Waals surface area contributed by atoms with Gasteiger partial charge in [-0.3, -0.25) is 4.90 Å². The first-order valence-electron chi connectivity index (χ1n) is 8.93. The number of nitrogens with zero attached hydrogens (tertiary/aromatic N) is 3. The number of fused-ring (bicyclic) bond motifs is 1. The van der Waals surface area contributed by atoms with Crippen molar-refractivity contribution in [3.63, 3.8) is 0 Å². The van der Waals surface area contributed by atoms with E-state index in [9.17, 15) is 13.2 Å². The van der Waals surface area contributed by atoms with Crippen LogP contribution < -0.4 is 0 Å². The summed E-state index contributed by atoms with van der Waals surface area (Å²) in [6, 6.07) is 5.29. The Morgan fingerprint density at radius 3 is 2.81 bits per heavy atom. The van der Waals surface area contributed by atoms with Crippen molar-refractivity contribution < 1.29 is 17.7 Å². The fraction of sp³-hybridized carbons (Fsp3) is 0.474. The maximum Gasteiger partial charge on any atom is 0.417 e. The Morgan fingerprint density at radius 1 is 1.30 bits per heavy atom. The van der Waals surface area contributed by atoms with Crippen LogP contribution in [0.3, 0.4) is 0 Å². The molecule has 144 valence electrons. The molecule has 0 saturated carbocycles. The molecule has 3 aromatic rings. The topological polar surface area (TPSA) is 42.2 Å². The van der Waals surface area contributed by atoms with E-state index in [1.807, 2.05) is 0 Å². The van der Waals surface area contributed by atoms with Gasteiger partial charge in [-0.1, -0.05) is 5.16 Å². The molecule has 0 N–H and O–H groups in total. The average Bonchev–Trinajstić information content (AvgIpc) is 3.19. The lowest BCUT2D eigenvalue weighted by Gasteiger charge is -2.31. The van der Waals surface area contributed by atoms with E-state index in [1.54, 1.807) is 11.3 Å². The molecule has 4 heterocycles. The van der Waals surface area contributed by atoms with Crippen LogP contribution in [-0.2, 0) is 12.7 Å². The van der Waals surface area contributed by atoms with Crippen molar-refractivity contribution in [2.24, 2.45) is 0 Å². The van der Waals surface area contributed by atoms with Gasteiger partial charge in [0, 0.05) is 34.5 Å². The summed E-state index contributed by atoms with van der Waals surface area (Å²) in [6.45, 7) is 6.02. The molecule has 3 aromatic heterocycles. The lowest BCUT2D eigenvalue weighted by Crippen LogP contribution is -2.33. The van der Waals surface area contributed by atoms with Crippen LogP contribution in [0.1, 0.15) is 45.5 Å². The van der Waals surface area contributed by atoms with E-state index in [1.165, 1.54) is 16.7 Å². The molecule has 0 bridgehead atoms. The van der Waals surface area contributed by atoms with Crippen LogP contribution in [0.5, 0.6) is 0 Å². The highest BCUT2D eigenvalue weighted by atomic mass is 32.1. The first kappa shape index (κ1) is 18.4. The first-order chi connectivity index (χ1) is 12.8. The van der Waals surface area contributed by atoms with Gasteiger partial charge in [0.15, 0.2) is 0 Å². The van der Waals surface area contributed by atoms with Crippen molar-refractivity contribution in [2.45, 2.75) is 45.3 Å². The van der Waals surface area contributed by atoms with Crippen LogP contribution in [0.25, 0.3) is 11.1 Å². The third kappa shape index (κ3) is 3.73. The molecule has 27 heavy (non-hydrogen) atoms. The number of halogens is 3. The molecular weight excluding hydrogens is 375 g/mol. The number of piperidine rings is 1. The van der Waals surface area contributed by atoms with Gasteiger partial charge in [-0.05, 0) is 51.4 Å². The minimum atomic E-state index is -4.46. The second kappa shape index (κ2) is 6.91. The zero-order chi connectivity index (χ0) is 19.2. The Balaban J connectivity index is 1.65. The molecule has 0 radical (unpaired) electrons. The average molecular weight is 395 g/mol. The lowest BCUT2D eigenvalue weighted by atomic mass is 9.91. The van der Waals surface area contributed by atoms with Gasteiger partial charge in [-0.15, -0.1) is 11.3 Å². The highest BCUT2D eigenvalue weighted by molar-refractivity contribution is 7.11. The molecule has 1 fully saturated rings. The van der Waals surface area contributed by atoms with Gasteiger partial charge in [0.2, 0.25) is 0 Å². The fourth-order valence-corrected chi connectivity index (χ4v) is 4.74. The van der Waals surface area contributed by atoms with E-state index < -0.39 is 11.7 Å². The minimum Gasteiger partial charge on any atom is -0.336 e. The molecule has 4 rings (SSSR count). The molecule has 0 aromatic carbocycles. The van der Waals surface area contributed by atoms with Gasteiger partial charge in [0.25, 0.3) is 5.71 Å². The highest BCUT2D eigenvalue weighted by Crippen LogP contribution is 2.40. The predicted molar refractivity (Wildman–Crippen MR) is 97.9 cm³/mol. The molecule has 1 unspecified atom stereocenters. The molecule has 1 aliphatic heterocycles. The Hall–Kier alpha value is -1.93. The number of aryl methyl sites for hydroxylation is 2. The summed E-state index contributed by atoms with van der Waals surface area (Å²) in [4.78, 5) is 8.93. The number of aromatic nitrogens is 2. The Bertz CT molecular complexity index is 963. The molecule has 1 saturated heterocycles. The van der Waals surface area contributed by atoms with Crippen molar-refractivity contribution in [2.75, 3.05) is 13.1 Å². The largest absolute Gasteiger partial charge is 0.417 e.